The van der Waals surface area contributed by atoms with Gasteiger partial charge in [0.25, 0.3) is 0 Å². The zero-order valence-electron chi connectivity index (χ0n) is 42.1. The van der Waals surface area contributed by atoms with Crippen molar-refractivity contribution in [2.75, 3.05) is 67.1 Å². The molecule has 2 aliphatic rings. The molecule has 0 amide bonds. The summed E-state index contributed by atoms with van der Waals surface area (Å²) < 4.78 is 44.4. The monoisotopic (exact) mass is 877 g/mol. The number of ether oxygens (including phenoxy) is 7. The van der Waals surface area contributed by atoms with E-state index in [1.165, 1.54) is 72.3 Å². The molecular formula is C57H80O7. The summed E-state index contributed by atoms with van der Waals surface area (Å²) in [6, 6.07) is 19.2. The smallest absolute Gasteiger partial charge is 0.127 e. The lowest BCUT2D eigenvalue weighted by atomic mass is 9.78. The highest BCUT2D eigenvalue weighted by Gasteiger charge is 2.28. The molecule has 7 nitrogen and oxygen atoms in total. The lowest BCUT2D eigenvalue weighted by Crippen LogP contribution is -2.18. The Morgan fingerprint density at radius 1 is 0.328 bits per heavy atom. The first-order chi connectivity index (χ1) is 30.2. The first-order valence-corrected chi connectivity index (χ1v) is 23.8. The maximum absolute atomic E-state index is 6.91. The second-order valence-electron chi connectivity index (χ2n) is 22.2. The van der Waals surface area contributed by atoms with Gasteiger partial charge in [-0.05, 0) is 113 Å². The number of hydrogen-bond donors (Lipinski definition) is 0. The van der Waals surface area contributed by atoms with Gasteiger partial charge < -0.3 is 33.2 Å². The summed E-state index contributed by atoms with van der Waals surface area (Å²) in [4.78, 5) is 0. The standard InChI is InChI=1S/C57H80O7/c1-54(2,3)46-28-38-25-41-31-48(56(7,8)9)32-42(52(41)58-13)27-40-30-47(55(4,5)6)34-44-36-64-37-45-35-49(57(10,11)12)33-43(53(45)59-14)26-39(29-46)50(38)15-17-60-19-21-62-23-24-63-22-20-61-18-16-51(40)44/h28-35H,15-27,36-37H2,1-14H3. The van der Waals surface area contributed by atoms with E-state index >= 15 is 0 Å². The number of hydrogen-bond acceptors (Lipinski definition) is 7. The van der Waals surface area contributed by atoms with Crippen molar-refractivity contribution in [1.82, 2.24) is 0 Å². The number of rotatable bonds is 2. The van der Waals surface area contributed by atoms with E-state index in [4.69, 9.17) is 33.2 Å². The molecule has 0 aliphatic carbocycles. The minimum absolute atomic E-state index is 0.0877. The summed E-state index contributed by atoms with van der Waals surface area (Å²) in [5.41, 5.74) is 17.1. The molecule has 2 heterocycles. The summed E-state index contributed by atoms with van der Waals surface area (Å²) in [5.74, 6) is 1.85. The topological polar surface area (TPSA) is 64.6 Å². The summed E-state index contributed by atoms with van der Waals surface area (Å²) >= 11 is 0. The van der Waals surface area contributed by atoms with E-state index in [2.05, 4.69) is 132 Å². The predicted octanol–water partition coefficient (Wildman–Crippen LogP) is 11.9. The van der Waals surface area contributed by atoms with Crippen LogP contribution in [0.4, 0.5) is 0 Å². The average molecular weight is 877 g/mol. The Balaban J connectivity index is 1.70. The molecule has 4 aromatic rings. The van der Waals surface area contributed by atoms with Crippen LogP contribution < -0.4 is 9.47 Å². The van der Waals surface area contributed by atoms with E-state index in [1.807, 2.05) is 14.2 Å². The normalized spacial score (nSPS) is 16.9. The van der Waals surface area contributed by atoms with Crippen molar-refractivity contribution in [3.05, 3.63) is 126 Å². The molecule has 7 heteroatoms. The third-order valence-corrected chi connectivity index (χ3v) is 13.0. The van der Waals surface area contributed by atoms with Crippen LogP contribution in [0.2, 0.25) is 0 Å². The van der Waals surface area contributed by atoms with Crippen LogP contribution in [0.25, 0.3) is 0 Å². The highest BCUT2D eigenvalue weighted by molar-refractivity contribution is 5.56. The van der Waals surface area contributed by atoms with E-state index in [9.17, 15) is 0 Å². The molecule has 0 atom stereocenters. The van der Waals surface area contributed by atoms with Gasteiger partial charge in [-0.3, -0.25) is 0 Å². The number of methoxy groups -OCH3 is 2. The Labute approximate surface area is 386 Å². The van der Waals surface area contributed by atoms with Gasteiger partial charge in [-0.2, -0.15) is 0 Å². The molecular weight excluding hydrogens is 797 g/mol. The first-order valence-electron chi connectivity index (χ1n) is 23.8. The molecule has 0 unspecified atom stereocenters. The molecule has 10 bridgehead atoms. The van der Waals surface area contributed by atoms with Gasteiger partial charge in [-0.1, -0.05) is 126 Å². The third kappa shape index (κ3) is 12.6. The lowest BCUT2D eigenvalue weighted by Gasteiger charge is -2.28. The van der Waals surface area contributed by atoms with Gasteiger partial charge in [0.1, 0.15) is 11.5 Å². The molecule has 0 radical (unpaired) electrons. The van der Waals surface area contributed by atoms with Crippen LogP contribution in [0.1, 0.15) is 161 Å². The average Bonchev–Trinajstić information content (AvgIpc) is 3.19. The van der Waals surface area contributed by atoms with Crippen molar-refractivity contribution in [1.29, 1.82) is 0 Å². The quantitative estimate of drug-likeness (QED) is 0.199. The molecule has 0 spiro atoms. The Hall–Kier alpha value is -3.72. The maximum atomic E-state index is 6.91. The highest BCUT2D eigenvalue weighted by atomic mass is 16.6. The van der Waals surface area contributed by atoms with Gasteiger partial charge in [-0.25, -0.2) is 0 Å². The van der Waals surface area contributed by atoms with Crippen molar-refractivity contribution in [3.63, 3.8) is 0 Å². The van der Waals surface area contributed by atoms with Crippen molar-refractivity contribution in [2.24, 2.45) is 0 Å². The molecule has 0 saturated carbocycles. The first kappa shape index (κ1) is 49.7. The molecule has 6 rings (SSSR count). The lowest BCUT2D eigenvalue weighted by molar-refractivity contribution is -0.00123. The van der Waals surface area contributed by atoms with E-state index in [0.717, 1.165) is 36.3 Å². The summed E-state index contributed by atoms with van der Waals surface area (Å²) in [5, 5.41) is 0. The molecule has 0 aromatic heterocycles. The zero-order chi connectivity index (χ0) is 46.5. The summed E-state index contributed by atoms with van der Waals surface area (Å²) in [7, 11) is 3.66. The van der Waals surface area contributed by atoms with Crippen LogP contribution in [-0.4, -0.2) is 67.1 Å². The van der Waals surface area contributed by atoms with Crippen LogP contribution >= 0.6 is 0 Å². The minimum atomic E-state index is -0.0923. The third-order valence-electron chi connectivity index (χ3n) is 13.0. The fraction of sp³-hybridized carbons (Fsp3) is 0.579. The van der Waals surface area contributed by atoms with Crippen LogP contribution in [-0.2, 0) is 90.7 Å². The molecule has 0 N–H and O–H groups in total. The molecule has 4 aromatic carbocycles. The van der Waals surface area contributed by atoms with Crippen molar-refractivity contribution in [2.45, 2.75) is 150 Å². The van der Waals surface area contributed by atoms with Crippen LogP contribution in [0.15, 0.2) is 48.5 Å². The minimum Gasteiger partial charge on any atom is -0.496 e. The number of fused-ring (bicyclic) bond motifs is 2. The molecule has 0 fully saturated rings. The predicted molar refractivity (Wildman–Crippen MR) is 261 cm³/mol. The van der Waals surface area contributed by atoms with E-state index < -0.39 is 0 Å². The van der Waals surface area contributed by atoms with Gasteiger partial charge in [0.05, 0.1) is 80.3 Å². The Bertz CT molecular complexity index is 2210. The van der Waals surface area contributed by atoms with Crippen LogP contribution in [0.5, 0.6) is 11.5 Å². The molecule has 0 saturated heterocycles. The number of benzene rings is 4. The SMILES string of the molecule is COc1c2cc(C(C)(C)C)cc1Cc1cc(C(C)(C)C)cc3c1CCOCCOCCOCCOCCc1c(cc(C(C)(C)C)cc1Cc1cc(C(C)(C)C)cc(c1OC)C3)COC2. The van der Waals surface area contributed by atoms with Crippen molar-refractivity contribution < 1.29 is 33.2 Å². The second kappa shape index (κ2) is 20.8. The molecule has 64 heavy (non-hydrogen) atoms. The van der Waals surface area contributed by atoms with Crippen molar-refractivity contribution >= 4 is 0 Å². The summed E-state index contributed by atoms with van der Waals surface area (Å²) in [6.07, 6.45) is 3.65. The largest absolute Gasteiger partial charge is 0.496 e. The highest BCUT2D eigenvalue weighted by Crippen LogP contribution is 2.41. The van der Waals surface area contributed by atoms with E-state index in [1.54, 1.807) is 0 Å². The second-order valence-corrected chi connectivity index (χ2v) is 22.2. The maximum Gasteiger partial charge on any atom is 0.127 e. The Morgan fingerprint density at radius 2 is 0.594 bits per heavy atom. The van der Waals surface area contributed by atoms with Crippen LogP contribution in [0.3, 0.4) is 0 Å². The molecule has 350 valence electrons. The van der Waals surface area contributed by atoms with Gasteiger partial charge in [0, 0.05) is 24.8 Å². The van der Waals surface area contributed by atoms with Crippen LogP contribution in [0, 0.1) is 0 Å². The molecule has 2 aliphatic heterocycles. The zero-order valence-corrected chi connectivity index (χ0v) is 42.1. The van der Waals surface area contributed by atoms with Gasteiger partial charge in [0.2, 0.25) is 0 Å². The Morgan fingerprint density at radius 3 is 0.938 bits per heavy atom. The summed E-state index contributed by atoms with van der Waals surface area (Å²) in [6.45, 7) is 32.8. The Kier molecular flexibility index (Phi) is 16.2. The van der Waals surface area contributed by atoms with Gasteiger partial charge in [0.15, 0.2) is 0 Å². The fourth-order valence-electron chi connectivity index (χ4n) is 9.10. The van der Waals surface area contributed by atoms with Crippen molar-refractivity contribution in [3.8, 4) is 11.5 Å². The van der Waals surface area contributed by atoms with Gasteiger partial charge >= 0.3 is 0 Å². The fourth-order valence-corrected chi connectivity index (χ4v) is 9.10. The van der Waals surface area contributed by atoms with E-state index in [-0.39, 0.29) is 21.7 Å². The van der Waals surface area contributed by atoms with Gasteiger partial charge in [-0.15, -0.1) is 0 Å². The van der Waals surface area contributed by atoms with E-state index in [0.29, 0.717) is 78.9 Å².